The molecule has 0 aliphatic rings. The number of halogens is 2. The first kappa shape index (κ1) is 15.0. The van der Waals surface area contributed by atoms with Crippen molar-refractivity contribution in [1.82, 2.24) is 0 Å². The molecule has 2 aromatic carbocycles. The van der Waals surface area contributed by atoms with Crippen LogP contribution in [-0.2, 0) is 11.8 Å². The quantitative estimate of drug-likeness (QED) is 0.503. The zero-order valence-electron chi connectivity index (χ0n) is 11.3. The Morgan fingerprint density at radius 1 is 0.950 bits per heavy atom. The van der Waals surface area contributed by atoms with Gasteiger partial charge in [0.15, 0.2) is 11.6 Å². The second-order valence-corrected chi connectivity index (χ2v) is 5.21. The molecule has 0 saturated heterocycles. The third-order valence-electron chi connectivity index (χ3n) is 3.14. The molecule has 0 unspecified atom stereocenters. The molecular formula is C17H18BrFO. The van der Waals surface area contributed by atoms with Gasteiger partial charge in [0.1, 0.15) is 0 Å². The summed E-state index contributed by atoms with van der Waals surface area (Å²) in [6.07, 6.45) is 3.00. The fraction of sp³-hybridized carbons (Fsp3) is 0.294. The average Bonchev–Trinajstić information content (AvgIpc) is 2.49. The zero-order valence-corrected chi connectivity index (χ0v) is 12.9. The molecule has 0 aromatic heterocycles. The lowest BCUT2D eigenvalue weighted by atomic mass is 10.1. The van der Waals surface area contributed by atoms with Gasteiger partial charge in [-0.05, 0) is 30.9 Å². The van der Waals surface area contributed by atoms with Crippen molar-refractivity contribution in [2.45, 2.75) is 24.6 Å². The molecular weight excluding hydrogens is 319 g/mol. The number of unbranched alkanes of at least 4 members (excludes halogenated alkanes) is 1. The van der Waals surface area contributed by atoms with Crippen LogP contribution in [0.5, 0.6) is 5.75 Å². The summed E-state index contributed by atoms with van der Waals surface area (Å²) < 4.78 is 19.3. The van der Waals surface area contributed by atoms with E-state index in [0.717, 1.165) is 24.8 Å². The van der Waals surface area contributed by atoms with E-state index in [1.807, 2.05) is 24.3 Å². The van der Waals surface area contributed by atoms with Crippen LogP contribution in [0.3, 0.4) is 0 Å². The van der Waals surface area contributed by atoms with Crippen molar-refractivity contribution >= 4 is 15.9 Å². The van der Waals surface area contributed by atoms with Gasteiger partial charge >= 0.3 is 0 Å². The van der Waals surface area contributed by atoms with E-state index in [2.05, 4.69) is 28.1 Å². The van der Waals surface area contributed by atoms with Gasteiger partial charge in [-0.1, -0.05) is 58.4 Å². The van der Waals surface area contributed by atoms with E-state index >= 15 is 0 Å². The Morgan fingerprint density at radius 3 is 2.50 bits per heavy atom. The van der Waals surface area contributed by atoms with E-state index < -0.39 is 0 Å². The van der Waals surface area contributed by atoms with Crippen LogP contribution in [0.1, 0.15) is 24.0 Å². The van der Waals surface area contributed by atoms with Crippen LogP contribution >= 0.6 is 15.9 Å². The topological polar surface area (TPSA) is 9.23 Å². The predicted octanol–water partition coefficient (Wildman–Crippen LogP) is 5.12. The second-order valence-electron chi connectivity index (χ2n) is 4.65. The number of ether oxygens (including phenoxy) is 1. The molecule has 0 N–H and O–H groups in total. The molecule has 0 spiro atoms. The van der Waals surface area contributed by atoms with Crippen LogP contribution in [0, 0.1) is 5.82 Å². The van der Waals surface area contributed by atoms with Crippen molar-refractivity contribution in [3.8, 4) is 5.75 Å². The van der Waals surface area contributed by atoms with Crippen molar-refractivity contribution in [2.24, 2.45) is 0 Å². The van der Waals surface area contributed by atoms with Gasteiger partial charge in [0.25, 0.3) is 0 Å². The number of rotatable bonds is 7. The summed E-state index contributed by atoms with van der Waals surface area (Å²) in [5, 5.41) is 0.601. The van der Waals surface area contributed by atoms with Crippen molar-refractivity contribution in [3.05, 3.63) is 65.5 Å². The van der Waals surface area contributed by atoms with Crippen molar-refractivity contribution in [2.75, 3.05) is 6.61 Å². The highest BCUT2D eigenvalue weighted by atomic mass is 79.9. The predicted molar refractivity (Wildman–Crippen MR) is 83.9 cm³/mol. The fourth-order valence-corrected chi connectivity index (χ4v) is 2.51. The molecule has 0 radical (unpaired) electrons. The second kappa shape index (κ2) is 8.05. The third-order valence-corrected chi connectivity index (χ3v) is 3.75. The maximum atomic E-state index is 13.7. The molecule has 1 nitrogen and oxygen atoms in total. The number of benzene rings is 2. The molecule has 0 aliphatic heterocycles. The van der Waals surface area contributed by atoms with Crippen LogP contribution in [0.25, 0.3) is 0 Å². The number of alkyl halides is 1. The normalized spacial score (nSPS) is 10.5. The van der Waals surface area contributed by atoms with Gasteiger partial charge in [-0.2, -0.15) is 0 Å². The largest absolute Gasteiger partial charge is 0.490 e. The van der Waals surface area contributed by atoms with Crippen molar-refractivity contribution in [3.63, 3.8) is 0 Å². The standard InChI is InChI=1S/C17H18BrFO/c18-13-15-10-6-11-16(19)17(15)20-12-5-4-9-14-7-2-1-3-8-14/h1-3,6-8,10-11H,4-5,9,12-13H2. The molecule has 0 fully saturated rings. The smallest absolute Gasteiger partial charge is 0.165 e. The maximum Gasteiger partial charge on any atom is 0.165 e. The van der Waals surface area contributed by atoms with Gasteiger partial charge in [0, 0.05) is 10.9 Å². The summed E-state index contributed by atoms with van der Waals surface area (Å²) >= 11 is 3.35. The maximum absolute atomic E-state index is 13.7. The first-order valence-corrected chi connectivity index (χ1v) is 7.93. The summed E-state index contributed by atoms with van der Waals surface area (Å²) in [6, 6.07) is 15.4. The van der Waals surface area contributed by atoms with Gasteiger partial charge in [0.05, 0.1) is 6.61 Å². The summed E-state index contributed by atoms with van der Waals surface area (Å²) in [7, 11) is 0. The van der Waals surface area contributed by atoms with E-state index in [-0.39, 0.29) is 5.82 Å². The summed E-state index contributed by atoms with van der Waals surface area (Å²) in [5.41, 5.74) is 2.19. The lowest BCUT2D eigenvalue weighted by Gasteiger charge is -2.10. The van der Waals surface area contributed by atoms with Gasteiger partial charge in [-0.3, -0.25) is 0 Å². The van der Waals surface area contributed by atoms with Gasteiger partial charge in [0.2, 0.25) is 0 Å². The Bertz CT molecular complexity index is 528. The minimum atomic E-state index is -0.287. The number of hydrogen-bond donors (Lipinski definition) is 0. The molecule has 0 atom stereocenters. The average molecular weight is 337 g/mol. The van der Waals surface area contributed by atoms with Crippen molar-refractivity contribution in [1.29, 1.82) is 0 Å². The number of hydrogen-bond acceptors (Lipinski definition) is 1. The first-order chi connectivity index (χ1) is 9.81. The summed E-state index contributed by atoms with van der Waals surface area (Å²) in [6.45, 7) is 0.549. The van der Waals surface area contributed by atoms with E-state index in [1.54, 1.807) is 6.07 Å². The van der Waals surface area contributed by atoms with Crippen LogP contribution in [0.15, 0.2) is 48.5 Å². The van der Waals surface area contributed by atoms with E-state index in [0.29, 0.717) is 17.7 Å². The molecule has 20 heavy (non-hydrogen) atoms. The molecule has 2 aromatic rings. The number of aryl methyl sites for hydroxylation is 1. The first-order valence-electron chi connectivity index (χ1n) is 6.81. The van der Waals surface area contributed by atoms with Crippen LogP contribution in [0.4, 0.5) is 4.39 Å². The van der Waals surface area contributed by atoms with E-state index in [1.165, 1.54) is 11.6 Å². The Labute approximate surface area is 127 Å². The molecule has 3 heteroatoms. The SMILES string of the molecule is Fc1cccc(CBr)c1OCCCCc1ccccc1. The molecule has 0 saturated carbocycles. The van der Waals surface area contributed by atoms with Gasteiger partial charge in [-0.15, -0.1) is 0 Å². The highest BCUT2D eigenvalue weighted by molar-refractivity contribution is 9.08. The third kappa shape index (κ3) is 4.34. The highest BCUT2D eigenvalue weighted by Crippen LogP contribution is 2.25. The minimum Gasteiger partial charge on any atom is -0.490 e. The molecule has 106 valence electrons. The molecule has 0 amide bonds. The van der Waals surface area contributed by atoms with E-state index in [9.17, 15) is 4.39 Å². The Balaban J connectivity index is 1.76. The zero-order chi connectivity index (χ0) is 14.2. The van der Waals surface area contributed by atoms with Gasteiger partial charge < -0.3 is 4.74 Å². The Morgan fingerprint density at radius 2 is 1.75 bits per heavy atom. The lowest BCUT2D eigenvalue weighted by Crippen LogP contribution is -2.02. The lowest BCUT2D eigenvalue weighted by molar-refractivity contribution is 0.290. The molecule has 0 aliphatic carbocycles. The van der Waals surface area contributed by atoms with Crippen molar-refractivity contribution < 1.29 is 9.13 Å². The van der Waals surface area contributed by atoms with Crippen LogP contribution in [-0.4, -0.2) is 6.61 Å². The van der Waals surface area contributed by atoms with Gasteiger partial charge in [-0.25, -0.2) is 4.39 Å². The molecule has 0 heterocycles. The number of para-hydroxylation sites is 1. The Kier molecular flexibility index (Phi) is 6.06. The van der Waals surface area contributed by atoms with Crippen LogP contribution in [0.2, 0.25) is 0 Å². The summed E-state index contributed by atoms with van der Waals surface area (Å²) in [5.74, 6) is 0.0918. The fourth-order valence-electron chi connectivity index (χ4n) is 2.07. The highest BCUT2D eigenvalue weighted by Gasteiger charge is 2.08. The molecule has 0 bridgehead atoms. The Hall–Kier alpha value is -1.35. The minimum absolute atomic E-state index is 0.287. The monoisotopic (exact) mass is 336 g/mol. The molecule has 2 rings (SSSR count). The van der Waals surface area contributed by atoms with Crippen LogP contribution < -0.4 is 4.74 Å². The summed E-state index contributed by atoms with van der Waals surface area (Å²) in [4.78, 5) is 0. The van der Waals surface area contributed by atoms with E-state index in [4.69, 9.17) is 4.74 Å².